The molecule has 1 heterocycles. The molecule has 1 aromatic carbocycles. The van der Waals surface area contributed by atoms with Crippen molar-refractivity contribution in [2.75, 3.05) is 19.6 Å². The number of benzene rings is 1. The number of nitrogens with one attached hydrogen (secondary N) is 2. The molecule has 2 N–H and O–H groups in total. The number of hydrogen-bond donors (Lipinski definition) is 2. The number of guanidine groups is 1. The molecule has 1 aliphatic heterocycles. The highest BCUT2D eigenvalue weighted by atomic mass is 127. The minimum absolute atomic E-state index is 0. The lowest BCUT2D eigenvalue weighted by Gasteiger charge is -2.15. The molecule has 5 nitrogen and oxygen atoms in total. The van der Waals surface area contributed by atoms with Crippen molar-refractivity contribution in [1.29, 1.82) is 0 Å². The Kier molecular flexibility index (Phi) is 10.6. The molecule has 146 valence electrons. The molecule has 0 radical (unpaired) electrons. The number of amides is 1. The number of hydrogen-bond acceptors (Lipinski definition) is 2. The molecule has 0 atom stereocenters. The van der Waals surface area contributed by atoms with E-state index in [0.717, 1.165) is 45.0 Å². The van der Waals surface area contributed by atoms with E-state index in [9.17, 15) is 4.79 Å². The smallest absolute Gasteiger partial charge is 0.223 e. The molecule has 0 saturated heterocycles. The molecule has 26 heavy (non-hydrogen) atoms. The summed E-state index contributed by atoms with van der Waals surface area (Å²) in [6, 6.07) is 8.29. The summed E-state index contributed by atoms with van der Waals surface area (Å²) in [5, 5.41) is 6.61. The molecule has 1 aromatic rings. The fraction of sp³-hybridized carbons (Fsp3) is 0.600. The summed E-state index contributed by atoms with van der Waals surface area (Å²) >= 11 is 0. The molecule has 0 spiro atoms. The molecular formula is C20H33IN4O. The zero-order valence-electron chi connectivity index (χ0n) is 16.3. The summed E-state index contributed by atoms with van der Waals surface area (Å²) in [4.78, 5) is 18.9. The molecule has 0 aliphatic carbocycles. The van der Waals surface area contributed by atoms with E-state index in [-0.39, 0.29) is 29.9 Å². The van der Waals surface area contributed by atoms with E-state index in [1.807, 2.05) is 17.0 Å². The van der Waals surface area contributed by atoms with Gasteiger partial charge in [0.25, 0.3) is 0 Å². The molecule has 0 unspecified atom stereocenters. The van der Waals surface area contributed by atoms with Gasteiger partial charge >= 0.3 is 0 Å². The number of nitrogens with zero attached hydrogens (tertiary/aromatic N) is 2. The highest BCUT2D eigenvalue weighted by Gasteiger charge is 2.22. The van der Waals surface area contributed by atoms with E-state index in [1.54, 1.807) is 0 Å². The maximum Gasteiger partial charge on any atom is 0.223 e. The molecule has 0 fully saturated rings. The van der Waals surface area contributed by atoms with Gasteiger partial charge in [-0.3, -0.25) is 9.79 Å². The van der Waals surface area contributed by atoms with Crippen LogP contribution < -0.4 is 10.6 Å². The Morgan fingerprint density at radius 1 is 1.19 bits per heavy atom. The van der Waals surface area contributed by atoms with Crippen LogP contribution in [0.4, 0.5) is 0 Å². The van der Waals surface area contributed by atoms with Gasteiger partial charge in [0, 0.05) is 39.1 Å². The van der Waals surface area contributed by atoms with Crippen LogP contribution in [0.25, 0.3) is 0 Å². The van der Waals surface area contributed by atoms with Crippen LogP contribution in [0.2, 0.25) is 0 Å². The average Bonchev–Trinajstić information content (AvgIpc) is 3.02. The maximum absolute atomic E-state index is 12.4. The van der Waals surface area contributed by atoms with Gasteiger partial charge < -0.3 is 15.5 Å². The second-order valence-electron chi connectivity index (χ2n) is 6.99. The Hall–Kier alpha value is -1.31. The summed E-state index contributed by atoms with van der Waals surface area (Å²) in [7, 11) is 0. The first kappa shape index (κ1) is 22.7. The SMILES string of the molecule is CCNC(=NCCCC(=O)N1Cc2ccccc2C1)NCCC(C)C.I. The Morgan fingerprint density at radius 2 is 1.85 bits per heavy atom. The standard InChI is InChI=1S/C20H32N4O.HI/c1-4-21-20(23-13-11-16(2)3)22-12-7-10-19(25)24-14-17-8-5-6-9-18(17)15-24;/h5-6,8-9,16H,4,7,10-15H2,1-3H3,(H2,21,22,23);1H. The maximum atomic E-state index is 12.4. The zero-order valence-corrected chi connectivity index (χ0v) is 18.6. The minimum Gasteiger partial charge on any atom is -0.357 e. The number of aliphatic imine (C=N–C) groups is 1. The van der Waals surface area contributed by atoms with E-state index in [4.69, 9.17) is 0 Å². The molecule has 1 amide bonds. The first-order chi connectivity index (χ1) is 12.1. The van der Waals surface area contributed by atoms with Gasteiger partial charge in [0.2, 0.25) is 5.91 Å². The molecule has 2 rings (SSSR count). The first-order valence-electron chi connectivity index (χ1n) is 9.47. The molecular weight excluding hydrogens is 439 g/mol. The van der Waals surface area contributed by atoms with Gasteiger partial charge in [0.15, 0.2) is 5.96 Å². The molecule has 6 heteroatoms. The van der Waals surface area contributed by atoms with Crippen LogP contribution in [-0.2, 0) is 17.9 Å². The van der Waals surface area contributed by atoms with Crippen molar-refractivity contribution in [2.24, 2.45) is 10.9 Å². The van der Waals surface area contributed by atoms with Crippen LogP contribution in [0, 0.1) is 5.92 Å². The van der Waals surface area contributed by atoms with E-state index in [0.29, 0.717) is 18.9 Å². The Balaban J connectivity index is 0.00000338. The van der Waals surface area contributed by atoms with Crippen molar-refractivity contribution in [3.05, 3.63) is 35.4 Å². The van der Waals surface area contributed by atoms with Gasteiger partial charge in [-0.15, -0.1) is 24.0 Å². The lowest BCUT2D eigenvalue weighted by atomic mass is 10.1. The van der Waals surface area contributed by atoms with Crippen LogP contribution in [0.3, 0.4) is 0 Å². The van der Waals surface area contributed by atoms with Gasteiger partial charge in [0.05, 0.1) is 0 Å². The number of rotatable bonds is 8. The highest BCUT2D eigenvalue weighted by molar-refractivity contribution is 14.0. The second-order valence-corrected chi connectivity index (χ2v) is 6.99. The summed E-state index contributed by atoms with van der Waals surface area (Å²) in [5.74, 6) is 1.76. The van der Waals surface area contributed by atoms with Crippen molar-refractivity contribution in [3.63, 3.8) is 0 Å². The van der Waals surface area contributed by atoms with Gasteiger partial charge in [-0.25, -0.2) is 0 Å². The largest absolute Gasteiger partial charge is 0.357 e. The third kappa shape index (κ3) is 7.51. The van der Waals surface area contributed by atoms with E-state index < -0.39 is 0 Å². The van der Waals surface area contributed by atoms with Crippen LogP contribution in [0.5, 0.6) is 0 Å². The lowest BCUT2D eigenvalue weighted by Crippen LogP contribution is -2.38. The van der Waals surface area contributed by atoms with Crippen molar-refractivity contribution in [2.45, 2.75) is 53.1 Å². The van der Waals surface area contributed by atoms with Gasteiger partial charge in [-0.2, -0.15) is 0 Å². The van der Waals surface area contributed by atoms with Crippen molar-refractivity contribution in [1.82, 2.24) is 15.5 Å². The summed E-state index contributed by atoms with van der Waals surface area (Å²) < 4.78 is 0. The fourth-order valence-electron chi connectivity index (χ4n) is 2.91. The Labute approximate surface area is 175 Å². The fourth-order valence-corrected chi connectivity index (χ4v) is 2.91. The van der Waals surface area contributed by atoms with Gasteiger partial charge in [-0.05, 0) is 36.8 Å². The summed E-state index contributed by atoms with van der Waals surface area (Å²) in [5.41, 5.74) is 2.55. The van der Waals surface area contributed by atoms with E-state index in [2.05, 4.69) is 48.5 Å². The number of carbonyl (C=O) groups excluding carboxylic acids is 1. The number of carbonyl (C=O) groups is 1. The Bertz CT molecular complexity index is 564. The molecule has 0 aromatic heterocycles. The van der Waals surface area contributed by atoms with Crippen LogP contribution in [0.1, 0.15) is 51.2 Å². The predicted octanol–water partition coefficient (Wildman–Crippen LogP) is 3.53. The third-order valence-electron chi connectivity index (χ3n) is 4.37. The lowest BCUT2D eigenvalue weighted by molar-refractivity contribution is -0.131. The number of halogens is 1. The second kappa shape index (κ2) is 12.1. The van der Waals surface area contributed by atoms with Crippen molar-refractivity contribution < 1.29 is 4.79 Å². The summed E-state index contributed by atoms with van der Waals surface area (Å²) in [6.45, 7) is 10.4. The van der Waals surface area contributed by atoms with E-state index >= 15 is 0 Å². The van der Waals surface area contributed by atoms with Gasteiger partial charge in [0.1, 0.15) is 0 Å². The first-order valence-corrected chi connectivity index (χ1v) is 9.47. The average molecular weight is 472 g/mol. The monoisotopic (exact) mass is 472 g/mol. The van der Waals surface area contributed by atoms with Crippen molar-refractivity contribution >= 4 is 35.8 Å². The normalized spacial score (nSPS) is 13.4. The minimum atomic E-state index is 0. The van der Waals surface area contributed by atoms with Crippen LogP contribution in [0.15, 0.2) is 29.3 Å². The Morgan fingerprint density at radius 3 is 2.42 bits per heavy atom. The van der Waals surface area contributed by atoms with Crippen LogP contribution >= 0.6 is 24.0 Å². The zero-order chi connectivity index (χ0) is 18.1. The van der Waals surface area contributed by atoms with Gasteiger partial charge in [-0.1, -0.05) is 38.1 Å². The topological polar surface area (TPSA) is 56.7 Å². The third-order valence-corrected chi connectivity index (χ3v) is 4.37. The predicted molar refractivity (Wildman–Crippen MR) is 119 cm³/mol. The quantitative estimate of drug-likeness (QED) is 0.264. The van der Waals surface area contributed by atoms with Crippen LogP contribution in [-0.4, -0.2) is 36.4 Å². The van der Waals surface area contributed by atoms with Crippen molar-refractivity contribution in [3.8, 4) is 0 Å². The molecule has 0 bridgehead atoms. The molecule has 1 aliphatic rings. The highest BCUT2D eigenvalue weighted by Crippen LogP contribution is 2.22. The molecule has 0 saturated carbocycles. The number of fused-ring (bicyclic) bond motifs is 1. The summed E-state index contributed by atoms with van der Waals surface area (Å²) in [6.07, 6.45) is 2.47. The van der Waals surface area contributed by atoms with E-state index in [1.165, 1.54) is 11.1 Å².